The summed E-state index contributed by atoms with van der Waals surface area (Å²) in [5.74, 6) is 0.690. The standard InChI is InChI=1S/C18H20ClN/c1-12-5-3-7-14(9-12)15-10-16(11-15)20-18-13(2)6-4-8-17(18)19/h3-9,15-16,20H,10-11H2,1-2H3. The molecule has 2 heteroatoms. The lowest BCUT2D eigenvalue weighted by Crippen LogP contribution is -2.34. The van der Waals surface area contributed by atoms with Crippen molar-refractivity contribution in [1.82, 2.24) is 0 Å². The molecule has 0 saturated heterocycles. The summed E-state index contributed by atoms with van der Waals surface area (Å²) in [6.07, 6.45) is 2.38. The zero-order valence-electron chi connectivity index (χ0n) is 12.0. The maximum atomic E-state index is 6.27. The lowest BCUT2D eigenvalue weighted by molar-refractivity contribution is 0.374. The maximum absolute atomic E-state index is 6.27. The number of benzene rings is 2. The fourth-order valence-electron chi connectivity index (χ4n) is 2.95. The Bertz CT molecular complexity index is 594. The van der Waals surface area contributed by atoms with Gasteiger partial charge in [-0.05, 0) is 49.8 Å². The average molecular weight is 286 g/mol. The Kier molecular flexibility index (Phi) is 3.71. The van der Waals surface area contributed by atoms with E-state index in [0.29, 0.717) is 12.0 Å². The van der Waals surface area contributed by atoms with Crippen LogP contribution < -0.4 is 5.32 Å². The maximum Gasteiger partial charge on any atom is 0.0640 e. The van der Waals surface area contributed by atoms with Gasteiger partial charge < -0.3 is 5.32 Å². The van der Waals surface area contributed by atoms with Crippen LogP contribution in [0, 0.1) is 13.8 Å². The van der Waals surface area contributed by atoms with Crippen molar-refractivity contribution in [2.24, 2.45) is 0 Å². The third-order valence-corrected chi connectivity index (χ3v) is 4.54. The van der Waals surface area contributed by atoms with Crippen LogP contribution in [-0.2, 0) is 0 Å². The second-order valence-electron chi connectivity index (χ2n) is 5.86. The van der Waals surface area contributed by atoms with Crippen LogP contribution in [0.25, 0.3) is 0 Å². The molecule has 0 unspecified atom stereocenters. The van der Waals surface area contributed by atoms with Crippen LogP contribution in [0.5, 0.6) is 0 Å². The normalized spacial score (nSPS) is 21.4. The summed E-state index contributed by atoms with van der Waals surface area (Å²) in [7, 11) is 0. The number of anilines is 1. The van der Waals surface area contributed by atoms with Crippen molar-refractivity contribution < 1.29 is 0 Å². The van der Waals surface area contributed by atoms with Gasteiger partial charge in [0.2, 0.25) is 0 Å². The van der Waals surface area contributed by atoms with Crippen LogP contribution in [0.2, 0.25) is 5.02 Å². The summed E-state index contributed by atoms with van der Waals surface area (Å²) >= 11 is 6.27. The van der Waals surface area contributed by atoms with E-state index >= 15 is 0 Å². The number of aryl methyl sites for hydroxylation is 2. The monoisotopic (exact) mass is 285 g/mol. The highest BCUT2D eigenvalue weighted by Crippen LogP contribution is 2.40. The van der Waals surface area contributed by atoms with Crippen LogP contribution in [0.1, 0.15) is 35.4 Å². The minimum absolute atomic E-state index is 0.541. The molecule has 0 bridgehead atoms. The lowest BCUT2D eigenvalue weighted by Gasteiger charge is -2.37. The molecule has 0 atom stereocenters. The van der Waals surface area contributed by atoms with Gasteiger partial charge in [-0.25, -0.2) is 0 Å². The minimum Gasteiger partial charge on any atom is -0.381 e. The Morgan fingerprint density at radius 3 is 2.50 bits per heavy atom. The highest BCUT2D eigenvalue weighted by molar-refractivity contribution is 6.33. The first kappa shape index (κ1) is 13.5. The second-order valence-corrected chi connectivity index (χ2v) is 6.26. The van der Waals surface area contributed by atoms with E-state index in [2.05, 4.69) is 49.5 Å². The largest absolute Gasteiger partial charge is 0.381 e. The number of hydrogen-bond acceptors (Lipinski definition) is 1. The zero-order valence-corrected chi connectivity index (χ0v) is 12.7. The van der Waals surface area contributed by atoms with Crippen LogP contribution >= 0.6 is 11.6 Å². The van der Waals surface area contributed by atoms with E-state index in [0.717, 1.165) is 10.7 Å². The topological polar surface area (TPSA) is 12.0 Å². The Balaban J connectivity index is 1.64. The molecule has 0 aliphatic heterocycles. The third-order valence-electron chi connectivity index (χ3n) is 4.22. The summed E-state index contributed by atoms with van der Waals surface area (Å²) in [6.45, 7) is 4.26. The Hall–Kier alpha value is -1.47. The molecule has 3 rings (SSSR count). The fraction of sp³-hybridized carbons (Fsp3) is 0.333. The van der Waals surface area contributed by atoms with E-state index in [1.807, 2.05) is 12.1 Å². The molecule has 0 heterocycles. The quantitative estimate of drug-likeness (QED) is 0.805. The molecule has 20 heavy (non-hydrogen) atoms. The van der Waals surface area contributed by atoms with E-state index in [1.165, 1.54) is 29.5 Å². The van der Waals surface area contributed by atoms with Crippen molar-refractivity contribution in [2.45, 2.75) is 38.6 Å². The first-order valence-corrected chi connectivity index (χ1v) is 7.59. The molecule has 2 aromatic carbocycles. The predicted octanol–water partition coefficient (Wildman–Crippen LogP) is 5.31. The molecule has 0 radical (unpaired) electrons. The first-order valence-electron chi connectivity index (χ1n) is 7.21. The SMILES string of the molecule is Cc1cccc(C2CC(Nc3c(C)cccc3Cl)C2)c1. The van der Waals surface area contributed by atoms with E-state index < -0.39 is 0 Å². The summed E-state index contributed by atoms with van der Waals surface area (Å²) in [5, 5.41) is 4.42. The van der Waals surface area contributed by atoms with Gasteiger partial charge in [-0.15, -0.1) is 0 Å². The molecule has 0 spiro atoms. The predicted molar refractivity (Wildman–Crippen MR) is 86.8 cm³/mol. The lowest BCUT2D eigenvalue weighted by atomic mass is 9.75. The molecule has 104 valence electrons. The molecule has 1 N–H and O–H groups in total. The van der Waals surface area contributed by atoms with Gasteiger partial charge in [-0.2, -0.15) is 0 Å². The van der Waals surface area contributed by atoms with E-state index in [-0.39, 0.29) is 0 Å². The van der Waals surface area contributed by atoms with Crippen LogP contribution in [0.4, 0.5) is 5.69 Å². The average Bonchev–Trinajstić information content (AvgIpc) is 2.36. The summed E-state index contributed by atoms with van der Waals surface area (Å²) < 4.78 is 0. The highest BCUT2D eigenvalue weighted by Gasteiger charge is 2.30. The van der Waals surface area contributed by atoms with Crippen molar-refractivity contribution in [2.75, 3.05) is 5.32 Å². The van der Waals surface area contributed by atoms with Crippen molar-refractivity contribution in [3.63, 3.8) is 0 Å². The Morgan fingerprint density at radius 1 is 1.05 bits per heavy atom. The van der Waals surface area contributed by atoms with Crippen molar-refractivity contribution in [1.29, 1.82) is 0 Å². The summed E-state index contributed by atoms with van der Waals surface area (Å²) in [6, 6.07) is 15.5. The van der Waals surface area contributed by atoms with Crippen molar-refractivity contribution >= 4 is 17.3 Å². The number of para-hydroxylation sites is 1. The minimum atomic E-state index is 0.541. The zero-order chi connectivity index (χ0) is 14.1. The van der Waals surface area contributed by atoms with E-state index in [1.54, 1.807) is 0 Å². The van der Waals surface area contributed by atoms with Gasteiger partial charge in [0.15, 0.2) is 0 Å². The molecule has 1 fully saturated rings. The molecular formula is C18H20ClN. The second kappa shape index (κ2) is 5.49. The van der Waals surface area contributed by atoms with Gasteiger partial charge in [-0.3, -0.25) is 0 Å². The smallest absolute Gasteiger partial charge is 0.0640 e. The Morgan fingerprint density at radius 2 is 1.80 bits per heavy atom. The van der Waals surface area contributed by atoms with E-state index in [4.69, 9.17) is 11.6 Å². The Labute approximate surface area is 126 Å². The third kappa shape index (κ3) is 2.69. The number of nitrogens with one attached hydrogen (secondary N) is 1. The molecule has 1 nitrogen and oxygen atoms in total. The van der Waals surface area contributed by atoms with Crippen molar-refractivity contribution in [3.8, 4) is 0 Å². The molecule has 1 aliphatic rings. The molecule has 2 aromatic rings. The molecule has 0 aromatic heterocycles. The molecule has 1 saturated carbocycles. The number of halogens is 1. The van der Waals surface area contributed by atoms with Gasteiger partial charge in [0.25, 0.3) is 0 Å². The van der Waals surface area contributed by atoms with Crippen LogP contribution in [-0.4, -0.2) is 6.04 Å². The number of hydrogen-bond donors (Lipinski definition) is 1. The van der Waals surface area contributed by atoms with Gasteiger partial charge in [0.1, 0.15) is 0 Å². The summed E-state index contributed by atoms with van der Waals surface area (Å²) in [5.41, 5.74) is 5.14. The summed E-state index contributed by atoms with van der Waals surface area (Å²) in [4.78, 5) is 0. The van der Waals surface area contributed by atoms with Gasteiger partial charge in [0.05, 0.1) is 10.7 Å². The van der Waals surface area contributed by atoms with Gasteiger partial charge in [0, 0.05) is 6.04 Å². The van der Waals surface area contributed by atoms with E-state index in [9.17, 15) is 0 Å². The molecule has 1 aliphatic carbocycles. The van der Waals surface area contributed by atoms with Gasteiger partial charge in [-0.1, -0.05) is 53.6 Å². The fourth-order valence-corrected chi connectivity index (χ4v) is 3.23. The molecule has 0 amide bonds. The highest BCUT2D eigenvalue weighted by atomic mass is 35.5. The molecular weight excluding hydrogens is 266 g/mol. The number of rotatable bonds is 3. The van der Waals surface area contributed by atoms with Crippen LogP contribution in [0.3, 0.4) is 0 Å². The van der Waals surface area contributed by atoms with Gasteiger partial charge >= 0.3 is 0 Å². The van der Waals surface area contributed by atoms with Crippen LogP contribution in [0.15, 0.2) is 42.5 Å². The first-order chi connectivity index (χ1) is 9.63. The van der Waals surface area contributed by atoms with Crippen molar-refractivity contribution in [3.05, 3.63) is 64.2 Å².